The van der Waals surface area contributed by atoms with Gasteiger partial charge in [0.05, 0.1) is 12.7 Å². The lowest BCUT2D eigenvalue weighted by molar-refractivity contribution is -0.120. The van der Waals surface area contributed by atoms with Crippen molar-refractivity contribution in [1.29, 1.82) is 0 Å². The maximum atomic E-state index is 11.1. The second-order valence-electron chi connectivity index (χ2n) is 4.48. The highest BCUT2D eigenvalue weighted by atomic mass is 16.5. The summed E-state index contributed by atoms with van der Waals surface area (Å²) in [7, 11) is 1.68. The minimum absolute atomic E-state index is 0.131. The highest BCUT2D eigenvalue weighted by Crippen LogP contribution is 2.13. The van der Waals surface area contributed by atoms with Gasteiger partial charge >= 0.3 is 0 Å². The first-order valence-corrected chi connectivity index (χ1v) is 6.51. The Morgan fingerprint density at radius 3 is 2.76 bits per heavy atom. The minimum Gasteiger partial charge on any atom is -0.377 e. The van der Waals surface area contributed by atoms with E-state index in [1.807, 2.05) is 0 Å². The SMILES string of the molecule is CNC(=O)CCCN1CCC(OCCN)CC1. The van der Waals surface area contributed by atoms with Crippen LogP contribution < -0.4 is 11.1 Å². The molecule has 0 unspecified atom stereocenters. The molecule has 100 valence electrons. The van der Waals surface area contributed by atoms with Crippen LogP contribution in [0.25, 0.3) is 0 Å². The number of nitrogens with two attached hydrogens (primary N) is 1. The fourth-order valence-corrected chi connectivity index (χ4v) is 2.12. The second kappa shape index (κ2) is 8.44. The maximum absolute atomic E-state index is 11.1. The summed E-state index contributed by atoms with van der Waals surface area (Å²) in [5.41, 5.74) is 5.41. The molecule has 1 heterocycles. The van der Waals surface area contributed by atoms with E-state index in [4.69, 9.17) is 10.5 Å². The molecule has 1 aliphatic heterocycles. The quantitative estimate of drug-likeness (QED) is 0.658. The molecular formula is C12H25N3O2. The van der Waals surface area contributed by atoms with Crippen molar-refractivity contribution in [1.82, 2.24) is 10.2 Å². The van der Waals surface area contributed by atoms with Crippen LogP contribution in [0, 0.1) is 0 Å². The fourth-order valence-electron chi connectivity index (χ4n) is 2.12. The molecule has 5 heteroatoms. The van der Waals surface area contributed by atoms with Crippen molar-refractivity contribution in [3.05, 3.63) is 0 Å². The highest BCUT2D eigenvalue weighted by Gasteiger charge is 2.18. The number of likely N-dealkylation sites (tertiary alicyclic amines) is 1. The van der Waals surface area contributed by atoms with Crippen molar-refractivity contribution >= 4 is 5.91 Å². The van der Waals surface area contributed by atoms with E-state index in [0.717, 1.165) is 38.9 Å². The van der Waals surface area contributed by atoms with Gasteiger partial charge in [0.15, 0.2) is 0 Å². The summed E-state index contributed by atoms with van der Waals surface area (Å²) in [6, 6.07) is 0. The summed E-state index contributed by atoms with van der Waals surface area (Å²) >= 11 is 0. The van der Waals surface area contributed by atoms with Crippen molar-refractivity contribution in [2.45, 2.75) is 31.8 Å². The number of rotatable bonds is 7. The average Bonchev–Trinajstić information content (AvgIpc) is 2.37. The van der Waals surface area contributed by atoms with Crippen LogP contribution in [0.4, 0.5) is 0 Å². The Morgan fingerprint density at radius 1 is 1.47 bits per heavy atom. The third-order valence-corrected chi connectivity index (χ3v) is 3.16. The van der Waals surface area contributed by atoms with Crippen molar-refractivity contribution in [3.63, 3.8) is 0 Å². The van der Waals surface area contributed by atoms with Crippen LogP contribution in [0.3, 0.4) is 0 Å². The molecule has 0 saturated carbocycles. The summed E-state index contributed by atoms with van der Waals surface area (Å²) < 4.78 is 5.62. The van der Waals surface area contributed by atoms with E-state index >= 15 is 0 Å². The van der Waals surface area contributed by atoms with E-state index in [1.165, 1.54) is 0 Å². The number of nitrogens with zero attached hydrogens (tertiary/aromatic N) is 1. The third kappa shape index (κ3) is 6.00. The summed E-state index contributed by atoms with van der Waals surface area (Å²) in [5, 5.41) is 2.64. The number of carbonyl (C=O) groups excluding carboxylic acids is 1. The van der Waals surface area contributed by atoms with Gasteiger partial charge in [0.2, 0.25) is 5.91 Å². The van der Waals surface area contributed by atoms with Crippen LogP contribution in [-0.2, 0) is 9.53 Å². The highest BCUT2D eigenvalue weighted by molar-refractivity contribution is 5.75. The zero-order valence-electron chi connectivity index (χ0n) is 10.8. The van der Waals surface area contributed by atoms with Gasteiger partial charge in [-0.05, 0) is 25.8 Å². The molecule has 0 aromatic carbocycles. The molecule has 0 radical (unpaired) electrons. The Kier molecular flexibility index (Phi) is 7.16. The van der Waals surface area contributed by atoms with Crippen molar-refractivity contribution in [2.24, 2.45) is 5.73 Å². The van der Waals surface area contributed by atoms with Gasteiger partial charge in [0.25, 0.3) is 0 Å². The lowest BCUT2D eigenvalue weighted by atomic mass is 10.1. The van der Waals surface area contributed by atoms with Gasteiger partial charge in [0.1, 0.15) is 0 Å². The molecule has 3 N–H and O–H groups in total. The fraction of sp³-hybridized carbons (Fsp3) is 0.917. The second-order valence-corrected chi connectivity index (χ2v) is 4.48. The van der Waals surface area contributed by atoms with Crippen LogP contribution in [0.1, 0.15) is 25.7 Å². The van der Waals surface area contributed by atoms with Crippen molar-refractivity contribution in [2.75, 3.05) is 39.8 Å². The Morgan fingerprint density at radius 2 is 2.18 bits per heavy atom. The van der Waals surface area contributed by atoms with E-state index in [0.29, 0.717) is 25.7 Å². The maximum Gasteiger partial charge on any atom is 0.219 e. The smallest absolute Gasteiger partial charge is 0.219 e. The van der Waals surface area contributed by atoms with E-state index in [-0.39, 0.29) is 5.91 Å². The summed E-state index contributed by atoms with van der Waals surface area (Å²) in [6.07, 6.45) is 4.11. The summed E-state index contributed by atoms with van der Waals surface area (Å²) in [5.74, 6) is 0.131. The Labute approximate surface area is 104 Å². The number of ether oxygens (including phenoxy) is 1. The van der Waals surface area contributed by atoms with Gasteiger partial charge < -0.3 is 20.7 Å². The third-order valence-electron chi connectivity index (χ3n) is 3.16. The van der Waals surface area contributed by atoms with Crippen LogP contribution in [0.5, 0.6) is 0 Å². The average molecular weight is 243 g/mol. The number of hydrogen-bond acceptors (Lipinski definition) is 4. The van der Waals surface area contributed by atoms with E-state index in [2.05, 4.69) is 10.2 Å². The molecule has 1 saturated heterocycles. The number of piperidine rings is 1. The van der Waals surface area contributed by atoms with Gasteiger partial charge in [-0.15, -0.1) is 0 Å². The molecule has 1 fully saturated rings. The molecule has 1 rings (SSSR count). The molecular weight excluding hydrogens is 218 g/mol. The first kappa shape index (κ1) is 14.4. The Hall–Kier alpha value is -0.650. The van der Waals surface area contributed by atoms with Crippen LogP contribution in [-0.4, -0.2) is 56.7 Å². The molecule has 1 aliphatic rings. The van der Waals surface area contributed by atoms with Gasteiger partial charge in [0, 0.05) is 33.1 Å². The molecule has 5 nitrogen and oxygen atoms in total. The van der Waals surface area contributed by atoms with E-state index < -0.39 is 0 Å². The number of amides is 1. The molecule has 17 heavy (non-hydrogen) atoms. The topological polar surface area (TPSA) is 67.6 Å². The largest absolute Gasteiger partial charge is 0.377 e. The number of nitrogens with one attached hydrogen (secondary N) is 1. The number of carbonyl (C=O) groups is 1. The van der Waals surface area contributed by atoms with Crippen LogP contribution in [0.15, 0.2) is 0 Å². The normalized spacial score (nSPS) is 18.2. The van der Waals surface area contributed by atoms with Gasteiger partial charge in [-0.25, -0.2) is 0 Å². The van der Waals surface area contributed by atoms with Crippen LogP contribution in [0.2, 0.25) is 0 Å². The lowest BCUT2D eigenvalue weighted by Gasteiger charge is -2.31. The molecule has 0 bridgehead atoms. The molecule has 0 aromatic heterocycles. The predicted molar refractivity (Wildman–Crippen MR) is 67.8 cm³/mol. The molecule has 0 spiro atoms. The number of hydrogen-bond donors (Lipinski definition) is 2. The predicted octanol–water partition coefficient (Wildman–Crippen LogP) is -0.0477. The summed E-state index contributed by atoms with van der Waals surface area (Å²) in [6.45, 7) is 4.43. The Balaban J connectivity index is 2.04. The molecule has 0 aromatic rings. The van der Waals surface area contributed by atoms with Crippen LogP contribution >= 0.6 is 0 Å². The van der Waals surface area contributed by atoms with Gasteiger partial charge in [-0.2, -0.15) is 0 Å². The van der Waals surface area contributed by atoms with Crippen molar-refractivity contribution < 1.29 is 9.53 Å². The minimum atomic E-state index is 0.131. The lowest BCUT2D eigenvalue weighted by Crippen LogP contribution is -2.38. The van der Waals surface area contributed by atoms with Gasteiger partial charge in [-0.1, -0.05) is 0 Å². The zero-order valence-corrected chi connectivity index (χ0v) is 10.8. The van der Waals surface area contributed by atoms with E-state index in [1.54, 1.807) is 7.05 Å². The summed E-state index contributed by atoms with van der Waals surface area (Å²) in [4.78, 5) is 13.5. The first-order valence-electron chi connectivity index (χ1n) is 6.51. The van der Waals surface area contributed by atoms with E-state index in [9.17, 15) is 4.79 Å². The molecule has 0 aliphatic carbocycles. The Bertz CT molecular complexity index is 216. The van der Waals surface area contributed by atoms with Crippen molar-refractivity contribution in [3.8, 4) is 0 Å². The monoisotopic (exact) mass is 243 g/mol. The van der Waals surface area contributed by atoms with Gasteiger partial charge in [-0.3, -0.25) is 4.79 Å². The molecule has 0 atom stereocenters. The zero-order chi connectivity index (χ0) is 12.5. The molecule has 1 amide bonds. The first-order chi connectivity index (χ1) is 8.26. The standard InChI is InChI=1S/C12H25N3O2/c1-14-12(16)3-2-7-15-8-4-11(5-9-15)17-10-6-13/h11H,2-10,13H2,1H3,(H,14,16).